The van der Waals surface area contributed by atoms with E-state index in [2.05, 4.69) is 4.90 Å². The third-order valence-electron chi connectivity index (χ3n) is 6.37. The second kappa shape index (κ2) is 5.53. The maximum absolute atomic E-state index is 13.6. The van der Waals surface area contributed by atoms with Gasteiger partial charge in [-0.25, -0.2) is 8.42 Å². The number of ether oxygens (including phenoxy) is 2. The van der Waals surface area contributed by atoms with Crippen molar-refractivity contribution in [1.82, 2.24) is 4.90 Å². The van der Waals surface area contributed by atoms with E-state index in [1.807, 2.05) is 20.0 Å². The van der Waals surface area contributed by atoms with E-state index < -0.39 is 20.4 Å². The van der Waals surface area contributed by atoms with Crippen molar-refractivity contribution in [2.75, 3.05) is 20.3 Å². The molecular formula is C18H25NO4S. The molecule has 3 aliphatic heterocycles. The Hall–Kier alpha value is -0.950. The molecule has 3 heterocycles. The highest BCUT2D eigenvalue weighted by atomic mass is 32.2. The summed E-state index contributed by atoms with van der Waals surface area (Å²) in [5.41, 5.74) is 0. The molecule has 5 nitrogen and oxygen atoms in total. The summed E-state index contributed by atoms with van der Waals surface area (Å²) in [5.74, 6) is -0.617. The predicted octanol–water partition coefficient (Wildman–Crippen LogP) is 2.22. The summed E-state index contributed by atoms with van der Waals surface area (Å²) in [7, 11) is -1.41. The van der Waals surface area contributed by atoms with Gasteiger partial charge in [0.2, 0.25) is 0 Å². The molecule has 24 heavy (non-hydrogen) atoms. The average molecular weight is 351 g/mol. The van der Waals surface area contributed by atoms with Crippen LogP contribution in [0.5, 0.6) is 0 Å². The minimum atomic E-state index is -3.44. The molecule has 0 radical (unpaired) electrons. The Kier molecular flexibility index (Phi) is 3.80. The number of likely N-dealkylation sites (N-methyl/N-ethyl adjacent to an activating group) is 1. The monoisotopic (exact) mass is 351 g/mol. The summed E-state index contributed by atoms with van der Waals surface area (Å²) in [5, 5.41) is 0. The van der Waals surface area contributed by atoms with Gasteiger partial charge in [0.15, 0.2) is 15.6 Å². The van der Waals surface area contributed by atoms with E-state index in [0.29, 0.717) is 31.0 Å². The summed E-state index contributed by atoms with van der Waals surface area (Å²) in [4.78, 5) is 2.63. The van der Waals surface area contributed by atoms with E-state index in [9.17, 15) is 8.42 Å². The Balaban J connectivity index is 1.79. The van der Waals surface area contributed by atoms with Crippen LogP contribution >= 0.6 is 0 Å². The fourth-order valence-corrected chi connectivity index (χ4v) is 7.52. The van der Waals surface area contributed by atoms with Gasteiger partial charge in [0.1, 0.15) is 0 Å². The lowest BCUT2D eigenvalue weighted by molar-refractivity contribution is -0.215. The third kappa shape index (κ3) is 2.00. The van der Waals surface area contributed by atoms with E-state index in [0.717, 1.165) is 12.8 Å². The molecule has 4 rings (SSSR count). The maximum Gasteiger partial charge on any atom is 0.185 e. The first-order valence-corrected chi connectivity index (χ1v) is 10.2. The smallest absolute Gasteiger partial charge is 0.185 e. The van der Waals surface area contributed by atoms with Gasteiger partial charge in [-0.1, -0.05) is 25.1 Å². The fourth-order valence-electron chi connectivity index (χ4n) is 5.13. The maximum atomic E-state index is 13.6. The zero-order chi connectivity index (χ0) is 17.0. The molecule has 3 aliphatic rings. The van der Waals surface area contributed by atoms with Crippen molar-refractivity contribution >= 4 is 9.84 Å². The molecule has 1 aromatic carbocycles. The molecule has 0 aliphatic carbocycles. The van der Waals surface area contributed by atoms with Crippen molar-refractivity contribution in [2.24, 2.45) is 0 Å². The van der Waals surface area contributed by atoms with Crippen LogP contribution in [0.4, 0.5) is 0 Å². The molecule has 2 bridgehead atoms. The van der Waals surface area contributed by atoms with Crippen LogP contribution in [0.1, 0.15) is 32.6 Å². The van der Waals surface area contributed by atoms with Crippen LogP contribution in [0.25, 0.3) is 0 Å². The molecule has 0 amide bonds. The number of benzene rings is 1. The zero-order valence-electron chi connectivity index (χ0n) is 14.3. The van der Waals surface area contributed by atoms with Crippen molar-refractivity contribution in [3.05, 3.63) is 30.3 Å². The van der Waals surface area contributed by atoms with E-state index in [1.54, 1.807) is 24.3 Å². The molecule has 0 saturated carbocycles. The Bertz CT molecular complexity index is 714. The first-order valence-electron chi connectivity index (χ1n) is 8.76. The Morgan fingerprint density at radius 3 is 2.46 bits per heavy atom. The molecule has 3 saturated heterocycles. The van der Waals surface area contributed by atoms with Crippen molar-refractivity contribution in [2.45, 2.75) is 60.1 Å². The van der Waals surface area contributed by atoms with Crippen LogP contribution in [0.15, 0.2) is 35.2 Å². The second-order valence-corrected chi connectivity index (χ2v) is 9.47. The number of hydrogen-bond donors (Lipinski definition) is 0. The minimum Gasteiger partial charge on any atom is -0.346 e. The number of hydrogen-bond acceptors (Lipinski definition) is 5. The first-order chi connectivity index (χ1) is 11.5. The predicted molar refractivity (Wildman–Crippen MR) is 90.5 cm³/mol. The minimum absolute atomic E-state index is 0.00260. The SMILES string of the molecule is CCC1(S(=O)(=O)c2ccccc2)C[C@H]2N(C)[C@@H]1CCC21OCCO1. The molecule has 3 fully saturated rings. The standard InChI is InChI=1S/C18H25NO4S/c1-3-17(24(20,21)14-7-5-4-6-8-14)13-16-18(22-11-12-23-18)10-9-15(17)19(16)2/h4-8,15-16H,3,9-13H2,1-2H3/t15-,16-,17?/m1/s1. The highest BCUT2D eigenvalue weighted by Gasteiger charge is 2.66. The normalized spacial score (nSPS) is 35.6. The molecule has 1 spiro atoms. The van der Waals surface area contributed by atoms with Gasteiger partial charge in [-0.15, -0.1) is 0 Å². The van der Waals surface area contributed by atoms with Gasteiger partial charge in [-0.2, -0.15) is 0 Å². The van der Waals surface area contributed by atoms with Crippen molar-refractivity contribution in [3.8, 4) is 0 Å². The summed E-state index contributed by atoms with van der Waals surface area (Å²) in [6, 6.07) is 8.89. The Labute approximate surface area is 143 Å². The highest BCUT2D eigenvalue weighted by Crippen LogP contribution is 2.54. The van der Waals surface area contributed by atoms with E-state index >= 15 is 0 Å². The van der Waals surface area contributed by atoms with Gasteiger partial charge in [-0.05, 0) is 38.4 Å². The number of rotatable bonds is 3. The first kappa shape index (κ1) is 16.5. The number of nitrogens with zero attached hydrogens (tertiary/aromatic N) is 1. The number of sulfone groups is 1. The lowest BCUT2D eigenvalue weighted by atomic mass is 9.93. The van der Waals surface area contributed by atoms with Crippen LogP contribution in [-0.4, -0.2) is 56.2 Å². The Morgan fingerprint density at radius 2 is 1.83 bits per heavy atom. The summed E-state index contributed by atoms with van der Waals surface area (Å²) < 4.78 is 38.3. The summed E-state index contributed by atoms with van der Waals surface area (Å²) in [6.07, 6.45) is 2.74. The van der Waals surface area contributed by atoms with E-state index in [1.165, 1.54) is 0 Å². The molecule has 1 aromatic rings. The van der Waals surface area contributed by atoms with E-state index in [-0.39, 0.29) is 12.1 Å². The molecule has 0 aromatic heterocycles. The van der Waals surface area contributed by atoms with E-state index in [4.69, 9.17) is 9.47 Å². The van der Waals surface area contributed by atoms with Crippen molar-refractivity contribution < 1.29 is 17.9 Å². The zero-order valence-corrected chi connectivity index (χ0v) is 15.1. The lowest BCUT2D eigenvalue weighted by Gasteiger charge is -2.44. The van der Waals surface area contributed by atoms with Gasteiger partial charge in [0, 0.05) is 12.5 Å². The summed E-state index contributed by atoms with van der Waals surface area (Å²) in [6.45, 7) is 3.19. The second-order valence-electron chi connectivity index (χ2n) is 7.18. The molecule has 132 valence electrons. The molecule has 3 atom stereocenters. The van der Waals surface area contributed by atoms with Crippen molar-refractivity contribution in [3.63, 3.8) is 0 Å². The topological polar surface area (TPSA) is 55.8 Å². The molecule has 0 N–H and O–H groups in total. The van der Waals surface area contributed by atoms with Crippen LogP contribution in [0, 0.1) is 0 Å². The van der Waals surface area contributed by atoms with Gasteiger partial charge in [-0.3, -0.25) is 4.90 Å². The molecule has 6 heteroatoms. The van der Waals surface area contributed by atoms with Gasteiger partial charge < -0.3 is 9.47 Å². The van der Waals surface area contributed by atoms with Gasteiger partial charge >= 0.3 is 0 Å². The van der Waals surface area contributed by atoms with Gasteiger partial charge in [0.05, 0.1) is 28.9 Å². The van der Waals surface area contributed by atoms with Crippen LogP contribution in [0.3, 0.4) is 0 Å². The Morgan fingerprint density at radius 1 is 1.17 bits per heavy atom. The number of piperidine rings is 1. The van der Waals surface area contributed by atoms with Crippen LogP contribution in [0.2, 0.25) is 0 Å². The van der Waals surface area contributed by atoms with Crippen LogP contribution < -0.4 is 0 Å². The number of fused-ring (bicyclic) bond motifs is 3. The quantitative estimate of drug-likeness (QED) is 0.836. The van der Waals surface area contributed by atoms with Crippen LogP contribution in [-0.2, 0) is 19.3 Å². The lowest BCUT2D eigenvalue weighted by Crippen LogP contribution is -2.56. The summed E-state index contributed by atoms with van der Waals surface area (Å²) >= 11 is 0. The molecular weight excluding hydrogens is 326 g/mol. The highest BCUT2D eigenvalue weighted by molar-refractivity contribution is 7.93. The van der Waals surface area contributed by atoms with Gasteiger partial charge in [0.25, 0.3) is 0 Å². The largest absolute Gasteiger partial charge is 0.346 e. The molecule has 1 unspecified atom stereocenters. The average Bonchev–Trinajstić information content (AvgIpc) is 3.12. The van der Waals surface area contributed by atoms with Crippen molar-refractivity contribution in [1.29, 1.82) is 0 Å². The fraction of sp³-hybridized carbons (Fsp3) is 0.667. The third-order valence-corrected chi connectivity index (χ3v) is 9.06.